The van der Waals surface area contributed by atoms with Crippen LogP contribution in [0.1, 0.15) is 34.5 Å². The summed E-state index contributed by atoms with van der Waals surface area (Å²) in [5.41, 5.74) is 3.98. The first kappa shape index (κ1) is 22.9. The molecule has 2 aromatic carbocycles. The normalized spacial score (nSPS) is 16.6. The fourth-order valence-corrected chi connectivity index (χ4v) is 4.39. The maximum absolute atomic E-state index is 12.9. The van der Waals surface area contributed by atoms with Gasteiger partial charge >= 0.3 is 0 Å². The summed E-state index contributed by atoms with van der Waals surface area (Å²) in [6, 6.07) is 15.4. The summed E-state index contributed by atoms with van der Waals surface area (Å²) >= 11 is 6.11. The Bertz CT molecular complexity index is 1400. The van der Waals surface area contributed by atoms with E-state index in [4.69, 9.17) is 16.0 Å². The van der Waals surface area contributed by atoms with E-state index in [1.807, 2.05) is 24.3 Å². The number of fused-ring (bicyclic) bond motifs is 1. The maximum Gasteiger partial charge on any atom is 0.256 e. The van der Waals surface area contributed by atoms with Gasteiger partial charge in [0.05, 0.1) is 18.2 Å². The minimum atomic E-state index is -0.460. The smallest absolute Gasteiger partial charge is 0.256 e. The van der Waals surface area contributed by atoms with E-state index < -0.39 is 6.04 Å². The van der Waals surface area contributed by atoms with Crippen molar-refractivity contribution in [2.45, 2.75) is 18.9 Å². The highest BCUT2D eigenvalue weighted by Gasteiger charge is 2.25. The van der Waals surface area contributed by atoms with Gasteiger partial charge in [-0.3, -0.25) is 9.59 Å². The summed E-state index contributed by atoms with van der Waals surface area (Å²) in [5.74, 6) is 0.563. The number of halogens is 1. The topological polar surface area (TPSA) is 91.6 Å². The van der Waals surface area contributed by atoms with Gasteiger partial charge in [-0.15, -0.1) is 0 Å². The Balaban J connectivity index is 1.36. The Labute approximate surface area is 207 Å². The summed E-state index contributed by atoms with van der Waals surface area (Å²) in [7, 11) is 0. The number of hydrogen-bond acceptors (Lipinski definition) is 4. The zero-order chi connectivity index (χ0) is 24.4. The molecule has 2 aliphatic rings. The standard InChI is InChI=1S/C28H23ClN2O4/c29-20-9-11-24-22(14-20)23(28(34)30-24)15-21-10-12-26(35-21)18-7-4-8-19(13-18)27(33)31-25(16-32)17-5-2-1-3-6-17/h2,4-15,25,32H,1,3,16H2,(H,30,34)(H,31,33)/b23-15+. The molecule has 0 saturated heterocycles. The SMILES string of the molecule is O=C1Nc2ccc(Cl)cc2/C1=C\c1ccc(-c2cccc(C(=O)NC(CO)C3=CCCC=C3)c2)o1. The molecule has 6 nitrogen and oxygen atoms in total. The van der Waals surface area contributed by atoms with Gasteiger partial charge in [-0.05, 0) is 67.0 Å². The number of carbonyl (C=O) groups is 2. The van der Waals surface area contributed by atoms with Gasteiger partial charge in [-0.2, -0.15) is 0 Å². The number of amides is 2. The first-order valence-electron chi connectivity index (χ1n) is 11.3. The van der Waals surface area contributed by atoms with E-state index in [-0.39, 0.29) is 18.4 Å². The van der Waals surface area contributed by atoms with Crippen LogP contribution in [0, 0.1) is 0 Å². The Morgan fingerprint density at radius 1 is 1.17 bits per heavy atom. The van der Waals surface area contributed by atoms with Crippen LogP contribution >= 0.6 is 11.6 Å². The highest BCUT2D eigenvalue weighted by atomic mass is 35.5. The largest absolute Gasteiger partial charge is 0.457 e. The van der Waals surface area contributed by atoms with Gasteiger partial charge < -0.3 is 20.2 Å². The first-order chi connectivity index (χ1) is 17.0. The molecule has 3 N–H and O–H groups in total. The molecular formula is C28H23ClN2O4. The first-order valence-corrected chi connectivity index (χ1v) is 11.7. The van der Waals surface area contributed by atoms with E-state index in [1.165, 1.54) is 0 Å². The predicted molar refractivity (Wildman–Crippen MR) is 137 cm³/mol. The van der Waals surface area contributed by atoms with Crippen molar-refractivity contribution < 1.29 is 19.1 Å². The monoisotopic (exact) mass is 486 g/mol. The van der Waals surface area contributed by atoms with Gasteiger partial charge in [0.1, 0.15) is 11.5 Å². The number of rotatable bonds is 6. The van der Waals surface area contributed by atoms with Gasteiger partial charge in [0, 0.05) is 27.4 Å². The Morgan fingerprint density at radius 3 is 2.86 bits per heavy atom. The molecule has 0 bridgehead atoms. The molecule has 0 fully saturated rings. The minimum Gasteiger partial charge on any atom is -0.457 e. The summed E-state index contributed by atoms with van der Waals surface area (Å²) in [5, 5.41) is 16.0. The van der Waals surface area contributed by atoms with Crippen LogP contribution in [0.5, 0.6) is 0 Å². The summed E-state index contributed by atoms with van der Waals surface area (Å²) in [6.07, 6.45) is 9.55. The Hall–Kier alpha value is -3.87. The van der Waals surface area contributed by atoms with Gasteiger partial charge in [0.25, 0.3) is 11.8 Å². The van der Waals surface area contributed by atoms with Crippen LogP contribution in [0.4, 0.5) is 5.69 Å². The number of furan rings is 1. The third-order valence-electron chi connectivity index (χ3n) is 6.00. The molecule has 0 saturated carbocycles. The van der Waals surface area contributed by atoms with E-state index in [0.717, 1.165) is 29.5 Å². The van der Waals surface area contributed by atoms with Crippen molar-refractivity contribution in [1.29, 1.82) is 0 Å². The van der Waals surface area contributed by atoms with Crippen LogP contribution in [-0.4, -0.2) is 29.6 Å². The molecule has 2 amide bonds. The van der Waals surface area contributed by atoms with Crippen molar-refractivity contribution in [1.82, 2.24) is 5.32 Å². The second-order valence-corrected chi connectivity index (χ2v) is 8.81. The van der Waals surface area contributed by atoms with Crippen LogP contribution in [0.2, 0.25) is 5.02 Å². The maximum atomic E-state index is 12.9. The van der Waals surface area contributed by atoms with Crippen LogP contribution in [0.15, 0.2) is 82.8 Å². The van der Waals surface area contributed by atoms with Crippen molar-refractivity contribution in [2.75, 3.05) is 11.9 Å². The molecule has 5 rings (SSSR count). The lowest BCUT2D eigenvalue weighted by atomic mass is 10.00. The number of hydrogen-bond donors (Lipinski definition) is 3. The second kappa shape index (κ2) is 9.78. The van der Waals surface area contributed by atoms with E-state index in [2.05, 4.69) is 10.6 Å². The van der Waals surface area contributed by atoms with E-state index in [0.29, 0.717) is 33.4 Å². The van der Waals surface area contributed by atoms with Crippen molar-refractivity contribution in [2.24, 2.45) is 0 Å². The molecule has 1 atom stereocenters. The fraction of sp³-hybridized carbons (Fsp3) is 0.143. The molecular weight excluding hydrogens is 464 g/mol. The number of anilines is 1. The van der Waals surface area contributed by atoms with Gasteiger partial charge in [-0.25, -0.2) is 0 Å². The Kier molecular flexibility index (Phi) is 6.40. The van der Waals surface area contributed by atoms with Gasteiger partial charge in [-0.1, -0.05) is 42.0 Å². The fourth-order valence-electron chi connectivity index (χ4n) is 4.21. The minimum absolute atomic E-state index is 0.181. The van der Waals surface area contributed by atoms with Crippen LogP contribution in [0.25, 0.3) is 23.0 Å². The molecule has 2 heterocycles. The molecule has 1 unspecified atom stereocenters. The predicted octanol–water partition coefficient (Wildman–Crippen LogP) is 5.46. The number of carbonyl (C=O) groups excluding carboxylic acids is 2. The van der Waals surface area contributed by atoms with Crippen molar-refractivity contribution in [3.05, 3.63) is 100 Å². The molecule has 176 valence electrons. The second-order valence-electron chi connectivity index (χ2n) is 8.38. The van der Waals surface area contributed by atoms with Gasteiger partial charge in [0.15, 0.2) is 0 Å². The van der Waals surface area contributed by atoms with Crippen molar-refractivity contribution in [3.63, 3.8) is 0 Å². The molecule has 1 aliphatic heterocycles. The number of aliphatic hydroxyl groups is 1. The van der Waals surface area contributed by atoms with E-state index >= 15 is 0 Å². The molecule has 1 aromatic heterocycles. The average Bonchev–Trinajstić information content (AvgIpc) is 3.47. The zero-order valence-corrected chi connectivity index (χ0v) is 19.5. The summed E-state index contributed by atoms with van der Waals surface area (Å²) in [4.78, 5) is 25.3. The molecule has 0 spiro atoms. The highest BCUT2D eigenvalue weighted by molar-refractivity contribution is 6.36. The highest BCUT2D eigenvalue weighted by Crippen LogP contribution is 2.35. The lowest BCUT2D eigenvalue weighted by Crippen LogP contribution is -2.38. The molecule has 0 radical (unpaired) electrons. The molecule has 35 heavy (non-hydrogen) atoms. The summed E-state index contributed by atoms with van der Waals surface area (Å²) in [6.45, 7) is -0.181. The summed E-state index contributed by atoms with van der Waals surface area (Å²) < 4.78 is 5.98. The average molecular weight is 487 g/mol. The Morgan fingerprint density at radius 2 is 2.06 bits per heavy atom. The molecule has 7 heteroatoms. The van der Waals surface area contributed by atoms with Crippen LogP contribution in [0.3, 0.4) is 0 Å². The van der Waals surface area contributed by atoms with Crippen LogP contribution in [-0.2, 0) is 4.79 Å². The van der Waals surface area contributed by atoms with Crippen LogP contribution < -0.4 is 10.6 Å². The third kappa shape index (κ3) is 4.85. The van der Waals surface area contributed by atoms with Crippen molar-refractivity contribution in [3.8, 4) is 11.3 Å². The quantitative estimate of drug-likeness (QED) is 0.403. The zero-order valence-electron chi connectivity index (χ0n) is 18.8. The lowest BCUT2D eigenvalue weighted by Gasteiger charge is -2.19. The van der Waals surface area contributed by atoms with E-state index in [9.17, 15) is 14.7 Å². The lowest BCUT2D eigenvalue weighted by molar-refractivity contribution is -0.110. The third-order valence-corrected chi connectivity index (χ3v) is 6.24. The number of allylic oxidation sites excluding steroid dienone is 2. The number of nitrogens with one attached hydrogen (secondary N) is 2. The van der Waals surface area contributed by atoms with Crippen molar-refractivity contribution >= 4 is 40.8 Å². The van der Waals surface area contributed by atoms with E-state index in [1.54, 1.807) is 54.6 Å². The molecule has 3 aromatic rings. The number of aliphatic hydroxyl groups excluding tert-OH is 1. The molecule has 1 aliphatic carbocycles. The number of benzene rings is 2. The van der Waals surface area contributed by atoms with Gasteiger partial charge in [0.2, 0.25) is 0 Å².